The third kappa shape index (κ3) is 5.01. The third-order valence-electron chi connectivity index (χ3n) is 1.29. The maximum absolute atomic E-state index is 11.1. The molecule has 0 aliphatic carbocycles. The highest BCUT2D eigenvalue weighted by Crippen LogP contribution is 2.00. The van der Waals surface area contributed by atoms with Crippen LogP contribution in [-0.4, -0.2) is 30.0 Å². The predicted molar refractivity (Wildman–Crippen MR) is 55.1 cm³/mol. The van der Waals surface area contributed by atoms with Crippen molar-refractivity contribution in [1.82, 2.24) is 0 Å². The molecule has 0 aromatic heterocycles. The Hall–Kier alpha value is -0.840. The van der Waals surface area contributed by atoms with E-state index in [1.54, 1.807) is 0 Å². The van der Waals surface area contributed by atoms with Gasteiger partial charge in [-0.1, -0.05) is 22.5 Å². The summed E-state index contributed by atoms with van der Waals surface area (Å²) in [5.41, 5.74) is 0.255. The average Bonchev–Trinajstić information content (AvgIpc) is 2.13. The Labute approximate surface area is 91.4 Å². The molecule has 0 aliphatic heterocycles. The molecule has 0 aromatic carbocycles. The van der Waals surface area contributed by atoms with Gasteiger partial charge in [-0.05, 0) is 13.8 Å². The van der Waals surface area contributed by atoms with Gasteiger partial charge in [0.15, 0.2) is 6.10 Å². The lowest BCUT2D eigenvalue weighted by Gasteiger charge is -2.11. The predicted octanol–water partition coefficient (Wildman–Crippen LogP) is 1.43. The molecule has 0 aromatic rings. The van der Waals surface area contributed by atoms with E-state index in [9.17, 15) is 9.59 Å². The largest absolute Gasteiger partial charge is 0.462 e. The minimum absolute atomic E-state index is 0.255. The van der Waals surface area contributed by atoms with Gasteiger partial charge in [0.05, 0.1) is 0 Å². The first-order valence-corrected chi connectivity index (χ1v) is 5.20. The lowest BCUT2D eigenvalue weighted by molar-refractivity contribution is -0.163. The number of hydrogen-bond donors (Lipinski definition) is 0. The fourth-order valence-corrected chi connectivity index (χ4v) is 0.728. The van der Waals surface area contributed by atoms with Crippen molar-refractivity contribution < 1.29 is 19.1 Å². The standard InChI is InChI=1S/C9H13BrO4/c1-6(2)8(11)14-7(3)9(12)13-5-4-10/h7H,1,4-5H2,2-3H3. The van der Waals surface area contributed by atoms with E-state index in [1.165, 1.54) is 13.8 Å². The molecule has 0 saturated heterocycles. The molecule has 0 heterocycles. The molecule has 0 bridgehead atoms. The lowest BCUT2D eigenvalue weighted by Crippen LogP contribution is -2.27. The van der Waals surface area contributed by atoms with E-state index in [-0.39, 0.29) is 12.2 Å². The molecule has 0 saturated carbocycles. The normalized spacial score (nSPS) is 11.6. The van der Waals surface area contributed by atoms with Crippen LogP contribution in [0.15, 0.2) is 12.2 Å². The summed E-state index contributed by atoms with van der Waals surface area (Å²) in [6.07, 6.45) is -0.891. The van der Waals surface area contributed by atoms with Crippen LogP contribution < -0.4 is 0 Å². The second-order valence-corrected chi connectivity index (χ2v) is 3.48. The van der Waals surface area contributed by atoms with Crippen molar-refractivity contribution in [2.24, 2.45) is 0 Å². The molecular weight excluding hydrogens is 252 g/mol. The van der Waals surface area contributed by atoms with E-state index in [4.69, 9.17) is 9.47 Å². The molecule has 1 unspecified atom stereocenters. The summed E-state index contributed by atoms with van der Waals surface area (Å²) in [6, 6.07) is 0. The van der Waals surface area contributed by atoms with E-state index in [0.717, 1.165) is 0 Å². The van der Waals surface area contributed by atoms with E-state index < -0.39 is 18.0 Å². The zero-order valence-corrected chi connectivity index (χ0v) is 9.80. The zero-order valence-electron chi connectivity index (χ0n) is 8.21. The Morgan fingerprint density at radius 2 is 2.07 bits per heavy atom. The van der Waals surface area contributed by atoms with Gasteiger partial charge in [0.1, 0.15) is 6.61 Å². The molecule has 0 spiro atoms. The smallest absolute Gasteiger partial charge is 0.347 e. The summed E-state index contributed by atoms with van der Waals surface area (Å²) in [5.74, 6) is -1.15. The molecule has 4 nitrogen and oxygen atoms in total. The Morgan fingerprint density at radius 3 is 2.50 bits per heavy atom. The van der Waals surface area contributed by atoms with Crippen molar-refractivity contribution in [1.29, 1.82) is 0 Å². The van der Waals surface area contributed by atoms with E-state index >= 15 is 0 Å². The number of carbonyl (C=O) groups is 2. The topological polar surface area (TPSA) is 52.6 Å². The minimum atomic E-state index is -0.891. The second-order valence-electron chi connectivity index (χ2n) is 2.68. The second kappa shape index (κ2) is 6.59. The van der Waals surface area contributed by atoms with Crippen molar-refractivity contribution in [3.05, 3.63) is 12.2 Å². The summed E-state index contributed by atoms with van der Waals surface area (Å²) in [4.78, 5) is 22.1. The number of carbonyl (C=O) groups excluding carboxylic acids is 2. The molecule has 0 radical (unpaired) electrons. The van der Waals surface area contributed by atoms with Gasteiger partial charge < -0.3 is 9.47 Å². The first-order valence-electron chi connectivity index (χ1n) is 4.08. The highest BCUT2D eigenvalue weighted by Gasteiger charge is 2.18. The van der Waals surface area contributed by atoms with Crippen LogP contribution in [0.5, 0.6) is 0 Å². The highest BCUT2D eigenvalue weighted by molar-refractivity contribution is 9.09. The van der Waals surface area contributed by atoms with Crippen LogP contribution in [0.2, 0.25) is 0 Å². The van der Waals surface area contributed by atoms with Gasteiger partial charge >= 0.3 is 11.9 Å². The lowest BCUT2D eigenvalue weighted by atomic mass is 10.3. The number of alkyl halides is 1. The van der Waals surface area contributed by atoms with E-state index in [1.807, 2.05) is 0 Å². The third-order valence-corrected chi connectivity index (χ3v) is 1.61. The first-order chi connectivity index (χ1) is 6.49. The van der Waals surface area contributed by atoms with Gasteiger partial charge in [0.2, 0.25) is 0 Å². The number of rotatable bonds is 5. The maximum atomic E-state index is 11.1. The molecule has 14 heavy (non-hydrogen) atoms. The van der Waals surface area contributed by atoms with Crippen molar-refractivity contribution in [2.45, 2.75) is 20.0 Å². The molecule has 0 fully saturated rings. The molecule has 0 rings (SSSR count). The van der Waals surface area contributed by atoms with Crippen LogP contribution in [0.25, 0.3) is 0 Å². The highest BCUT2D eigenvalue weighted by atomic mass is 79.9. The first kappa shape index (κ1) is 13.2. The number of halogens is 1. The molecular formula is C9H13BrO4. The van der Waals surface area contributed by atoms with Gasteiger partial charge in [0.25, 0.3) is 0 Å². The Bertz CT molecular complexity index is 237. The SMILES string of the molecule is C=C(C)C(=O)OC(C)C(=O)OCCBr. The maximum Gasteiger partial charge on any atom is 0.347 e. The number of hydrogen-bond acceptors (Lipinski definition) is 4. The van der Waals surface area contributed by atoms with Crippen molar-refractivity contribution in [2.75, 3.05) is 11.9 Å². The monoisotopic (exact) mass is 264 g/mol. The van der Waals surface area contributed by atoms with E-state index in [2.05, 4.69) is 22.5 Å². The zero-order chi connectivity index (χ0) is 11.1. The minimum Gasteiger partial charge on any atom is -0.462 e. The van der Waals surface area contributed by atoms with Gasteiger partial charge in [0, 0.05) is 10.9 Å². The van der Waals surface area contributed by atoms with Crippen molar-refractivity contribution in [3.63, 3.8) is 0 Å². The Morgan fingerprint density at radius 1 is 1.50 bits per heavy atom. The Kier molecular flexibility index (Phi) is 6.19. The summed E-state index contributed by atoms with van der Waals surface area (Å²) < 4.78 is 9.48. The van der Waals surface area contributed by atoms with Gasteiger partial charge in [-0.3, -0.25) is 0 Å². The van der Waals surface area contributed by atoms with Gasteiger partial charge in [-0.25, -0.2) is 9.59 Å². The summed E-state index contributed by atoms with van der Waals surface area (Å²) in [5, 5.41) is 0.555. The van der Waals surface area contributed by atoms with E-state index in [0.29, 0.717) is 5.33 Å². The molecule has 0 aliphatic rings. The Balaban J connectivity index is 3.95. The van der Waals surface area contributed by atoms with Crippen molar-refractivity contribution in [3.8, 4) is 0 Å². The van der Waals surface area contributed by atoms with Crippen LogP contribution in [0.3, 0.4) is 0 Å². The molecule has 0 N–H and O–H groups in total. The van der Waals surface area contributed by atoms with Crippen LogP contribution >= 0.6 is 15.9 Å². The van der Waals surface area contributed by atoms with Crippen LogP contribution in [0, 0.1) is 0 Å². The van der Waals surface area contributed by atoms with Gasteiger partial charge in [-0.2, -0.15) is 0 Å². The fraction of sp³-hybridized carbons (Fsp3) is 0.556. The molecule has 1 atom stereocenters. The quantitative estimate of drug-likeness (QED) is 0.428. The number of esters is 2. The molecule has 0 amide bonds. The number of ether oxygens (including phenoxy) is 2. The van der Waals surface area contributed by atoms with Gasteiger partial charge in [-0.15, -0.1) is 0 Å². The van der Waals surface area contributed by atoms with Crippen LogP contribution in [0.4, 0.5) is 0 Å². The average molecular weight is 265 g/mol. The van der Waals surface area contributed by atoms with Crippen molar-refractivity contribution >= 4 is 27.9 Å². The summed E-state index contributed by atoms with van der Waals surface area (Å²) in [6.45, 7) is 6.62. The fourth-order valence-electron chi connectivity index (χ4n) is 0.566. The summed E-state index contributed by atoms with van der Waals surface area (Å²) >= 11 is 3.10. The van der Waals surface area contributed by atoms with Crippen LogP contribution in [0.1, 0.15) is 13.8 Å². The summed E-state index contributed by atoms with van der Waals surface area (Å²) in [7, 11) is 0. The molecule has 80 valence electrons. The molecule has 5 heteroatoms. The van der Waals surface area contributed by atoms with Crippen LogP contribution in [-0.2, 0) is 19.1 Å².